The molecule has 0 aromatic carbocycles. The highest BCUT2D eigenvalue weighted by molar-refractivity contribution is 6.45. The van der Waals surface area contributed by atoms with E-state index in [0.29, 0.717) is 28.3 Å². The van der Waals surface area contributed by atoms with Crippen molar-refractivity contribution < 1.29 is 14.3 Å². The third kappa shape index (κ3) is 2.05. The molecule has 0 spiro atoms. The van der Waals surface area contributed by atoms with E-state index in [1.807, 2.05) is 0 Å². The number of H-pyrrole nitrogens is 1. The molecule has 22 heavy (non-hydrogen) atoms. The Balaban J connectivity index is 2.30. The van der Waals surface area contributed by atoms with Gasteiger partial charge in [0.25, 0.3) is 0 Å². The van der Waals surface area contributed by atoms with Crippen molar-refractivity contribution in [2.45, 2.75) is 13.8 Å². The zero-order valence-corrected chi connectivity index (χ0v) is 12.2. The van der Waals surface area contributed by atoms with Gasteiger partial charge in [0.2, 0.25) is 5.78 Å². The molecule has 0 unspecified atom stereocenters. The Morgan fingerprint density at radius 2 is 2.09 bits per heavy atom. The predicted molar refractivity (Wildman–Crippen MR) is 77.3 cm³/mol. The van der Waals surface area contributed by atoms with Gasteiger partial charge >= 0.3 is 0 Å². The first kappa shape index (κ1) is 13.9. The molecule has 0 aliphatic rings. The molecule has 0 fully saturated rings. The Labute approximate surface area is 125 Å². The summed E-state index contributed by atoms with van der Waals surface area (Å²) in [5.74, 6) is 0.340. The van der Waals surface area contributed by atoms with Crippen molar-refractivity contribution in [3.05, 3.63) is 30.1 Å². The van der Waals surface area contributed by atoms with Crippen LogP contribution < -0.4 is 4.74 Å². The van der Waals surface area contributed by atoms with E-state index >= 15 is 0 Å². The number of aryl methyl sites for hydroxylation is 1. The number of methoxy groups -OCH3 is 1. The van der Waals surface area contributed by atoms with Crippen LogP contribution in [0, 0.1) is 6.92 Å². The van der Waals surface area contributed by atoms with Gasteiger partial charge in [-0.2, -0.15) is 5.10 Å². The maximum absolute atomic E-state index is 12.1. The summed E-state index contributed by atoms with van der Waals surface area (Å²) in [4.78, 5) is 34.8. The number of hydrogen-bond donors (Lipinski definition) is 1. The summed E-state index contributed by atoms with van der Waals surface area (Å²) in [5.41, 5.74) is 0.800. The molecule has 0 aliphatic heterocycles. The van der Waals surface area contributed by atoms with E-state index < -0.39 is 11.6 Å². The van der Waals surface area contributed by atoms with Gasteiger partial charge in [0.05, 0.1) is 29.8 Å². The van der Waals surface area contributed by atoms with Crippen LogP contribution in [0.2, 0.25) is 0 Å². The van der Waals surface area contributed by atoms with E-state index in [-0.39, 0.29) is 5.56 Å². The molecule has 3 aromatic rings. The Morgan fingerprint density at radius 3 is 2.68 bits per heavy atom. The maximum atomic E-state index is 12.1. The van der Waals surface area contributed by atoms with E-state index in [1.165, 1.54) is 37.4 Å². The molecule has 0 radical (unpaired) electrons. The number of nitrogens with zero attached hydrogens (tertiary/aromatic N) is 4. The number of ether oxygens (including phenoxy) is 1. The summed E-state index contributed by atoms with van der Waals surface area (Å²) in [6, 6.07) is 0. The van der Waals surface area contributed by atoms with Gasteiger partial charge in [-0.05, 0) is 6.92 Å². The van der Waals surface area contributed by atoms with Gasteiger partial charge in [-0.3, -0.25) is 9.59 Å². The third-order valence-electron chi connectivity index (χ3n) is 3.26. The molecule has 0 atom stereocenters. The van der Waals surface area contributed by atoms with Crippen molar-refractivity contribution in [2.75, 3.05) is 7.11 Å². The van der Waals surface area contributed by atoms with Crippen LogP contribution >= 0.6 is 0 Å². The maximum Gasteiger partial charge on any atom is 0.230 e. The number of aromatic amines is 1. The van der Waals surface area contributed by atoms with Crippen LogP contribution in [0.1, 0.15) is 23.1 Å². The second-order valence-corrected chi connectivity index (χ2v) is 4.72. The lowest BCUT2D eigenvalue weighted by atomic mass is 10.1. The normalized spacial score (nSPS) is 10.9. The number of ketones is 2. The molecule has 0 amide bonds. The van der Waals surface area contributed by atoms with Crippen molar-refractivity contribution in [1.82, 2.24) is 24.7 Å². The van der Waals surface area contributed by atoms with E-state index in [4.69, 9.17) is 4.74 Å². The number of rotatable bonds is 4. The van der Waals surface area contributed by atoms with E-state index in [1.54, 1.807) is 6.92 Å². The minimum atomic E-state index is -0.587. The first-order valence-electron chi connectivity index (χ1n) is 6.51. The highest BCUT2D eigenvalue weighted by atomic mass is 16.5. The first-order chi connectivity index (χ1) is 10.5. The second kappa shape index (κ2) is 5.06. The number of carbonyl (C=O) groups is 2. The number of hydrogen-bond acceptors (Lipinski definition) is 6. The van der Waals surface area contributed by atoms with Crippen molar-refractivity contribution >= 4 is 22.5 Å². The van der Waals surface area contributed by atoms with Crippen LogP contribution in [0.25, 0.3) is 16.7 Å². The molecule has 3 rings (SSSR count). The Morgan fingerprint density at radius 1 is 1.32 bits per heavy atom. The molecule has 3 aromatic heterocycles. The number of aromatic nitrogens is 5. The fraction of sp³-hybridized carbons (Fsp3) is 0.214. The number of nitrogens with one attached hydrogen (secondary N) is 1. The zero-order valence-electron chi connectivity index (χ0n) is 12.2. The topological polar surface area (TPSA) is 103 Å². The number of Topliss-reactive ketones (excluding diaryl/α,β-unsaturated/α-hetero) is 2. The molecule has 8 nitrogen and oxygen atoms in total. The highest BCUT2D eigenvalue weighted by Crippen LogP contribution is 2.31. The molecule has 8 heteroatoms. The van der Waals surface area contributed by atoms with Crippen molar-refractivity contribution in [3.8, 4) is 11.6 Å². The fourth-order valence-corrected chi connectivity index (χ4v) is 2.25. The minimum absolute atomic E-state index is 0.250. The average molecular weight is 299 g/mol. The van der Waals surface area contributed by atoms with Gasteiger partial charge in [0.1, 0.15) is 17.9 Å². The van der Waals surface area contributed by atoms with Crippen molar-refractivity contribution in [3.63, 3.8) is 0 Å². The lowest BCUT2D eigenvalue weighted by Crippen LogP contribution is -2.09. The SMILES string of the molecule is COc1cnc(-n2cnc(C)n2)c2[nH]cc(C(=O)C(C)=O)c12. The third-order valence-corrected chi connectivity index (χ3v) is 3.26. The Bertz CT molecular complexity index is 893. The largest absolute Gasteiger partial charge is 0.494 e. The summed E-state index contributed by atoms with van der Waals surface area (Å²) < 4.78 is 6.76. The molecule has 0 bridgehead atoms. The summed E-state index contributed by atoms with van der Waals surface area (Å²) in [6.45, 7) is 2.99. The zero-order chi connectivity index (χ0) is 15.9. The van der Waals surface area contributed by atoms with Crippen LogP contribution in [-0.4, -0.2) is 43.4 Å². The lowest BCUT2D eigenvalue weighted by Gasteiger charge is -2.07. The minimum Gasteiger partial charge on any atom is -0.494 e. The first-order valence-corrected chi connectivity index (χ1v) is 6.51. The van der Waals surface area contributed by atoms with Gasteiger partial charge in [0, 0.05) is 13.1 Å². The summed E-state index contributed by atoms with van der Waals surface area (Å²) in [7, 11) is 1.48. The molecule has 1 N–H and O–H groups in total. The number of pyridine rings is 1. The lowest BCUT2D eigenvalue weighted by molar-refractivity contribution is -0.113. The smallest absolute Gasteiger partial charge is 0.230 e. The molecular formula is C14H13N5O3. The summed E-state index contributed by atoms with van der Waals surface area (Å²) >= 11 is 0. The monoisotopic (exact) mass is 299 g/mol. The van der Waals surface area contributed by atoms with Crippen molar-refractivity contribution in [2.24, 2.45) is 0 Å². The van der Waals surface area contributed by atoms with Crippen LogP contribution in [0.15, 0.2) is 18.7 Å². The second-order valence-electron chi connectivity index (χ2n) is 4.72. The fourth-order valence-electron chi connectivity index (χ4n) is 2.25. The average Bonchev–Trinajstić information content (AvgIpc) is 3.12. The quantitative estimate of drug-likeness (QED) is 0.574. The van der Waals surface area contributed by atoms with Gasteiger partial charge < -0.3 is 9.72 Å². The Kier molecular flexibility index (Phi) is 3.21. The molecule has 0 saturated carbocycles. The van der Waals surface area contributed by atoms with Crippen LogP contribution in [0.5, 0.6) is 5.75 Å². The van der Waals surface area contributed by atoms with E-state index in [0.717, 1.165) is 0 Å². The van der Waals surface area contributed by atoms with Gasteiger partial charge in [-0.1, -0.05) is 0 Å². The highest BCUT2D eigenvalue weighted by Gasteiger charge is 2.22. The number of carbonyl (C=O) groups excluding carboxylic acids is 2. The molecule has 3 heterocycles. The van der Waals surface area contributed by atoms with Crippen LogP contribution in [0.4, 0.5) is 0 Å². The van der Waals surface area contributed by atoms with E-state index in [2.05, 4.69) is 20.1 Å². The van der Waals surface area contributed by atoms with E-state index in [9.17, 15) is 9.59 Å². The molecule has 0 aliphatic carbocycles. The molecule has 112 valence electrons. The van der Waals surface area contributed by atoms with Crippen LogP contribution in [0.3, 0.4) is 0 Å². The van der Waals surface area contributed by atoms with Crippen molar-refractivity contribution in [1.29, 1.82) is 0 Å². The Hall–Kier alpha value is -3.03. The standard InChI is InChI=1S/C14H13N5O3/c1-7(20)13(21)9-4-15-12-11(9)10(22-3)5-16-14(12)19-6-17-8(2)18-19/h4-6,15H,1-3H3. The molecular weight excluding hydrogens is 286 g/mol. The molecule has 0 saturated heterocycles. The van der Waals surface area contributed by atoms with Gasteiger partial charge in [0.15, 0.2) is 11.6 Å². The predicted octanol–water partition coefficient (Wildman–Crippen LogP) is 1.23. The number of fused-ring (bicyclic) bond motifs is 1. The van der Waals surface area contributed by atoms with Gasteiger partial charge in [-0.15, -0.1) is 0 Å². The van der Waals surface area contributed by atoms with Gasteiger partial charge in [-0.25, -0.2) is 14.6 Å². The summed E-state index contributed by atoms with van der Waals surface area (Å²) in [5, 5.41) is 4.71. The van der Waals surface area contributed by atoms with Crippen LogP contribution in [-0.2, 0) is 4.79 Å². The summed E-state index contributed by atoms with van der Waals surface area (Å²) in [6.07, 6.45) is 4.49.